The van der Waals surface area contributed by atoms with Gasteiger partial charge in [-0.25, -0.2) is 0 Å². The van der Waals surface area contributed by atoms with Gasteiger partial charge >= 0.3 is 0 Å². The first-order chi connectivity index (χ1) is 9.18. The molecule has 0 unspecified atom stereocenters. The Morgan fingerprint density at radius 2 is 1.53 bits per heavy atom. The SMILES string of the molecule is Cc1c(N)cccc1-c1ccc(Cl)c2ccccc12. The molecule has 0 aromatic heterocycles. The minimum atomic E-state index is 0.779. The lowest BCUT2D eigenvalue weighted by molar-refractivity contribution is 1.47. The molecule has 0 aliphatic heterocycles. The molecule has 0 radical (unpaired) electrons. The molecule has 1 nitrogen and oxygen atoms in total. The first-order valence-corrected chi connectivity index (χ1v) is 6.59. The smallest absolute Gasteiger partial charge is 0.0484 e. The maximum atomic E-state index is 6.26. The summed E-state index contributed by atoms with van der Waals surface area (Å²) in [5.41, 5.74) is 10.3. The van der Waals surface area contributed by atoms with Crippen LogP contribution in [-0.2, 0) is 0 Å². The second-order valence-electron chi connectivity index (χ2n) is 4.66. The Hall–Kier alpha value is -1.99. The van der Waals surface area contributed by atoms with Crippen LogP contribution in [0.25, 0.3) is 21.9 Å². The van der Waals surface area contributed by atoms with Crippen LogP contribution in [0.5, 0.6) is 0 Å². The zero-order valence-corrected chi connectivity index (χ0v) is 11.4. The van der Waals surface area contributed by atoms with Crippen molar-refractivity contribution >= 4 is 28.1 Å². The number of hydrogen-bond donors (Lipinski definition) is 1. The van der Waals surface area contributed by atoms with Crippen LogP contribution < -0.4 is 5.73 Å². The van der Waals surface area contributed by atoms with E-state index in [0.717, 1.165) is 32.6 Å². The highest BCUT2D eigenvalue weighted by Gasteiger charge is 2.09. The Kier molecular flexibility index (Phi) is 2.92. The second-order valence-corrected chi connectivity index (χ2v) is 5.07. The summed E-state index contributed by atoms with van der Waals surface area (Å²) in [4.78, 5) is 0. The number of halogens is 1. The van der Waals surface area contributed by atoms with Crippen LogP contribution in [0.4, 0.5) is 5.69 Å². The van der Waals surface area contributed by atoms with Crippen LogP contribution in [0.3, 0.4) is 0 Å². The first kappa shape index (κ1) is 12.1. The van der Waals surface area contributed by atoms with Crippen LogP contribution in [-0.4, -0.2) is 0 Å². The van der Waals surface area contributed by atoms with Gasteiger partial charge in [0, 0.05) is 16.1 Å². The highest BCUT2D eigenvalue weighted by molar-refractivity contribution is 6.36. The summed E-state index contributed by atoms with van der Waals surface area (Å²) in [6, 6.07) is 18.2. The van der Waals surface area contributed by atoms with E-state index in [0.29, 0.717) is 0 Å². The number of hydrogen-bond acceptors (Lipinski definition) is 1. The molecule has 0 heterocycles. The van der Waals surface area contributed by atoms with E-state index in [1.165, 1.54) is 5.56 Å². The molecule has 0 amide bonds. The lowest BCUT2D eigenvalue weighted by Crippen LogP contribution is -1.92. The molecule has 0 atom stereocenters. The molecule has 0 bridgehead atoms. The predicted octanol–water partition coefficient (Wildman–Crippen LogP) is 5.05. The molecule has 2 N–H and O–H groups in total. The van der Waals surface area contributed by atoms with Gasteiger partial charge in [-0.3, -0.25) is 0 Å². The number of nitrogen functional groups attached to an aromatic ring is 1. The zero-order valence-electron chi connectivity index (χ0n) is 10.7. The van der Waals surface area contributed by atoms with E-state index in [-0.39, 0.29) is 0 Å². The monoisotopic (exact) mass is 267 g/mol. The molecule has 0 aliphatic rings. The molecule has 0 fully saturated rings. The van der Waals surface area contributed by atoms with Gasteiger partial charge in [0.2, 0.25) is 0 Å². The van der Waals surface area contributed by atoms with Crippen molar-refractivity contribution in [1.82, 2.24) is 0 Å². The Labute approximate surface area is 117 Å². The minimum Gasteiger partial charge on any atom is -0.398 e. The number of benzene rings is 3. The highest BCUT2D eigenvalue weighted by atomic mass is 35.5. The number of nitrogens with two attached hydrogens (primary N) is 1. The third kappa shape index (κ3) is 1.96. The van der Waals surface area contributed by atoms with Crippen molar-refractivity contribution in [2.45, 2.75) is 6.92 Å². The third-order valence-electron chi connectivity index (χ3n) is 3.54. The van der Waals surface area contributed by atoms with Gasteiger partial charge in [0.1, 0.15) is 0 Å². The Morgan fingerprint density at radius 1 is 0.789 bits per heavy atom. The van der Waals surface area contributed by atoms with Crippen molar-refractivity contribution in [2.75, 3.05) is 5.73 Å². The molecule has 0 saturated heterocycles. The van der Waals surface area contributed by atoms with Crippen LogP contribution in [0, 0.1) is 6.92 Å². The van der Waals surface area contributed by atoms with E-state index in [4.69, 9.17) is 17.3 Å². The van der Waals surface area contributed by atoms with Gasteiger partial charge in [-0.05, 0) is 41.1 Å². The summed E-state index contributed by atoms with van der Waals surface area (Å²) in [5, 5.41) is 3.01. The molecular formula is C17H14ClN. The molecule has 0 saturated carbocycles. The summed E-state index contributed by atoms with van der Waals surface area (Å²) in [5.74, 6) is 0. The maximum absolute atomic E-state index is 6.26. The van der Waals surface area contributed by atoms with Crippen LogP contribution in [0.2, 0.25) is 5.02 Å². The molecule has 19 heavy (non-hydrogen) atoms. The maximum Gasteiger partial charge on any atom is 0.0484 e. The van der Waals surface area contributed by atoms with E-state index < -0.39 is 0 Å². The number of anilines is 1. The van der Waals surface area contributed by atoms with Crippen molar-refractivity contribution in [2.24, 2.45) is 0 Å². The fourth-order valence-electron chi connectivity index (χ4n) is 2.44. The van der Waals surface area contributed by atoms with Crippen LogP contribution in [0.1, 0.15) is 5.56 Å². The molecule has 0 aliphatic carbocycles. The van der Waals surface area contributed by atoms with E-state index in [1.807, 2.05) is 43.3 Å². The van der Waals surface area contributed by atoms with Crippen molar-refractivity contribution < 1.29 is 0 Å². The van der Waals surface area contributed by atoms with Gasteiger partial charge < -0.3 is 5.73 Å². The van der Waals surface area contributed by atoms with Crippen molar-refractivity contribution in [3.8, 4) is 11.1 Å². The normalized spacial score (nSPS) is 10.8. The summed E-state index contributed by atoms with van der Waals surface area (Å²) in [6.07, 6.45) is 0. The Balaban J connectivity index is 2.38. The van der Waals surface area contributed by atoms with E-state index in [9.17, 15) is 0 Å². The summed E-state index contributed by atoms with van der Waals surface area (Å²) >= 11 is 6.26. The standard InChI is InChI=1S/C17H14ClN/c1-11-12(7-4-8-17(11)19)14-9-10-16(18)15-6-3-2-5-13(14)15/h2-10H,19H2,1H3. The molecular weight excluding hydrogens is 254 g/mol. The predicted molar refractivity (Wildman–Crippen MR) is 83.5 cm³/mol. The van der Waals surface area contributed by atoms with Gasteiger partial charge in [0.15, 0.2) is 0 Å². The molecule has 3 aromatic carbocycles. The number of fused-ring (bicyclic) bond motifs is 1. The van der Waals surface area contributed by atoms with E-state index in [1.54, 1.807) is 0 Å². The largest absolute Gasteiger partial charge is 0.398 e. The van der Waals surface area contributed by atoms with Crippen LogP contribution >= 0.6 is 11.6 Å². The molecule has 3 aromatic rings. The topological polar surface area (TPSA) is 26.0 Å². The molecule has 3 rings (SSSR count). The minimum absolute atomic E-state index is 0.779. The lowest BCUT2D eigenvalue weighted by atomic mass is 9.94. The van der Waals surface area contributed by atoms with Gasteiger partial charge in [0.25, 0.3) is 0 Å². The molecule has 2 heteroatoms. The second kappa shape index (κ2) is 4.60. The van der Waals surface area contributed by atoms with Gasteiger partial charge in [-0.15, -0.1) is 0 Å². The summed E-state index contributed by atoms with van der Waals surface area (Å²) in [6.45, 7) is 2.05. The third-order valence-corrected chi connectivity index (χ3v) is 3.87. The average molecular weight is 268 g/mol. The fraction of sp³-hybridized carbons (Fsp3) is 0.0588. The summed E-state index contributed by atoms with van der Waals surface area (Å²) in [7, 11) is 0. The van der Waals surface area contributed by atoms with Crippen LogP contribution in [0.15, 0.2) is 54.6 Å². The summed E-state index contributed by atoms with van der Waals surface area (Å²) < 4.78 is 0. The highest BCUT2D eigenvalue weighted by Crippen LogP contribution is 2.35. The van der Waals surface area contributed by atoms with Gasteiger partial charge in [-0.1, -0.05) is 54.1 Å². The lowest BCUT2D eigenvalue weighted by Gasteiger charge is -2.12. The van der Waals surface area contributed by atoms with Gasteiger partial charge in [-0.2, -0.15) is 0 Å². The van der Waals surface area contributed by atoms with E-state index in [2.05, 4.69) is 18.2 Å². The average Bonchev–Trinajstić information content (AvgIpc) is 2.43. The Bertz CT molecular complexity index is 762. The van der Waals surface area contributed by atoms with Crippen molar-refractivity contribution in [1.29, 1.82) is 0 Å². The molecule has 94 valence electrons. The molecule has 0 spiro atoms. The fourth-order valence-corrected chi connectivity index (χ4v) is 2.67. The van der Waals surface area contributed by atoms with Crippen molar-refractivity contribution in [3.05, 3.63) is 65.2 Å². The Morgan fingerprint density at radius 3 is 2.32 bits per heavy atom. The van der Waals surface area contributed by atoms with Crippen molar-refractivity contribution in [3.63, 3.8) is 0 Å². The first-order valence-electron chi connectivity index (χ1n) is 6.21. The number of rotatable bonds is 1. The van der Waals surface area contributed by atoms with E-state index >= 15 is 0 Å². The van der Waals surface area contributed by atoms with Gasteiger partial charge in [0.05, 0.1) is 0 Å². The quantitative estimate of drug-likeness (QED) is 0.614. The zero-order chi connectivity index (χ0) is 13.4.